The minimum Gasteiger partial charge on any atom is -0.469 e. The normalized spacial score (nSPS) is 9.81. The quantitative estimate of drug-likeness (QED) is 0.441. The molecule has 16 heavy (non-hydrogen) atoms. The van der Waals surface area contributed by atoms with Crippen LogP contribution in [0, 0.1) is 0 Å². The Balaban J connectivity index is 2.70. The van der Waals surface area contributed by atoms with Gasteiger partial charge in [-0.1, -0.05) is 24.3 Å². The smallest absolute Gasteiger partial charge is 0.309 e. The van der Waals surface area contributed by atoms with E-state index in [9.17, 15) is 9.59 Å². The number of methoxy groups -OCH3 is 1. The molecule has 0 N–H and O–H groups in total. The van der Waals surface area contributed by atoms with Crippen LogP contribution in [-0.4, -0.2) is 19.2 Å². The van der Waals surface area contributed by atoms with E-state index >= 15 is 0 Å². The molecule has 4 heteroatoms. The Morgan fingerprint density at radius 3 is 3.06 bits per heavy atom. The van der Waals surface area contributed by atoms with Gasteiger partial charge in [0.1, 0.15) is 0 Å². The summed E-state index contributed by atoms with van der Waals surface area (Å²) in [6, 6.07) is 7.03. The van der Waals surface area contributed by atoms with Crippen molar-refractivity contribution in [1.29, 1.82) is 0 Å². The van der Waals surface area contributed by atoms with Crippen LogP contribution in [0.2, 0.25) is 0 Å². The highest BCUT2D eigenvalue weighted by Gasteiger charge is 1.95. The maximum Gasteiger partial charge on any atom is 0.309 e. The number of carbonyl (C=O) groups excluding carboxylic acids is 2. The van der Waals surface area contributed by atoms with Crippen LogP contribution >= 0.6 is 0 Å². The van der Waals surface area contributed by atoms with E-state index in [0.717, 1.165) is 5.56 Å². The largest absolute Gasteiger partial charge is 0.469 e. The van der Waals surface area contributed by atoms with E-state index < -0.39 is 0 Å². The molecule has 82 valence electrons. The van der Waals surface area contributed by atoms with Crippen molar-refractivity contribution in [2.75, 3.05) is 7.11 Å². The van der Waals surface area contributed by atoms with Gasteiger partial charge in [-0.2, -0.15) is 4.99 Å². The molecule has 0 amide bonds. The van der Waals surface area contributed by atoms with E-state index in [1.54, 1.807) is 30.4 Å². The molecule has 0 saturated heterocycles. The lowest BCUT2D eigenvalue weighted by Crippen LogP contribution is -1.96. The highest BCUT2D eigenvalue weighted by atomic mass is 16.5. The number of hydrogen-bond acceptors (Lipinski definition) is 4. The van der Waals surface area contributed by atoms with Gasteiger partial charge in [-0.15, -0.1) is 0 Å². The fourth-order valence-electron chi connectivity index (χ4n) is 1.13. The summed E-state index contributed by atoms with van der Waals surface area (Å²) in [6.07, 6.45) is 5.15. The van der Waals surface area contributed by atoms with Crippen LogP contribution in [0.1, 0.15) is 12.0 Å². The predicted molar refractivity (Wildman–Crippen MR) is 59.9 cm³/mol. The summed E-state index contributed by atoms with van der Waals surface area (Å²) < 4.78 is 4.49. The van der Waals surface area contributed by atoms with E-state index in [-0.39, 0.29) is 12.4 Å². The molecule has 1 aromatic carbocycles. The fraction of sp³-hybridized carbons (Fsp3) is 0.167. The highest BCUT2D eigenvalue weighted by Crippen LogP contribution is 2.14. The highest BCUT2D eigenvalue weighted by molar-refractivity contribution is 5.72. The number of nitrogens with zero attached hydrogens (tertiary/aromatic N) is 1. The van der Waals surface area contributed by atoms with Gasteiger partial charge in [0.2, 0.25) is 6.08 Å². The van der Waals surface area contributed by atoms with Gasteiger partial charge < -0.3 is 4.74 Å². The monoisotopic (exact) mass is 217 g/mol. The van der Waals surface area contributed by atoms with Gasteiger partial charge in [-0.3, -0.25) is 4.79 Å². The van der Waals surface area contributed by atoms with E-state index in [2.05, 4.69) is 9.73 Å². The molecular weight excluding hydrogens is 206 g/mol. The van der Waals surface area contributed by atoms with Gasteiger partial charge in [0.15, 0.2) is 0 Å². The lowest BCUT2D eigenvalue weighted by atomic mass is 10.2. The van der Waals surface area contributed by atoms with Crippen LogP contribution in [0.15, 0.2) is 35.3 Å². The molecule has 1 aromatic rings. The van der Waals surface area contributed by atoms with E-state index in [0.29, 0.717) is 5.69 Å². The first kappa shape index (κ1) is 11.9. The third-order valence-corrected chi connectivity index (χ3v) is 1.87. The molecule has 0 aliphatic heterocycles. The second-order valence-electron chi connectivity index (χ2n) is 2.98. The summed E-state index contributed by atoms with van der Waals surface area (Å²) in [4.78, 5) is 24.4. The van der Waals surface area contributed by atoms with Crippen LogP contribution in [0.3, 0.4) is 0 Å². The zero-order valence-corrected chi connectivity index (χ0v) is 8.84. The number of carbonyl (C=O) groups is 1. The molecular formula is C12H11NO3. The second kappa shape index (κ2) is 6.32. The average molecular weight is 217 g/mol. The van der Waals surface area contributed by atoms with Gasteiger partial charge >= 0.3 is 5.97 Å². The van der Waals surface area contributed by atoms with Gasteiger partial charge in [0.05, 0.1) is 19.2 Å². The molecule has 0 saturated carbocycles. The van der Waals surface area contributed by atoms with Gasteiger partial charge in [0.25, 0.3) is 0 Å². The van der Waals surface area contributed by atoms with Crippen LogP contribution < -0.4 is 0 Å². The van der Waals surface area contributed by atoms with E-state index in [4.69, 9.17) is 0 Å². The third kappa shape index (κ3) is 3.90. The topological polar surface area (TPSA) is 55.7 Å². The summed E-state index contributed by atoms with van der Waals surface area (Å²) in [5.41, 5.74) is 1.40. The number of aliphatic imine (C=N–C) groups is 1. The molecule has 0 atom stereocenters. The molecule has 0 bridgehead atoms. The Kier molecular flexibility index (Phi) is 4.70. The molecule has 0 unspecified atom stereocenters. The summed E-state index contributed by atoms with van der Waals surface area (Å²) in [7, 11) is 1.34. The Morgan fingerprint density at radius 1 is 1.56 bits per heavy atom. The van der Waals surface area contributed by atoms with E-state index in [1.165, 1.54) is 13.2 Å². The number of ether oxygens (including phenoxy) is 1. The summed E-state index contributed by atoms with van der Waals surface area (Å²) in [5, 5.41) is 0. The Morgan fingerprint density at radius 2 is 2.38 bits per heavy atom. The Labute approximate surface area is 93.3 Å². The van der Waals surface area contributed by atoms with Crippen LogP contribution in [0.25, 0.3) is 6.08 Å². The van der Waals surface area contributed by atoms with Crippen LogP contribution in [0.4, 0.5) is 5.69 Å². The molecule has 0 aromatic heterocycles. The number of isocyanates is 1. The number of benzene rings is 1. The molecule has 0 aliphatic rings. The first-order valence-electron chi connectivity index (χ1n) is 4.67. The number of hydrogen-bond donors (Lipinski definition) is 0. The molecule has 0 fully saturated rings. The zero-order chi connectivity index (χ0) is 11.8. The second-order valence-corrected chi connectivity index (χ2v) is 2.98. The predicted octanol–water partition coefficient (Wildman–Crippen LogP) is 2.23. The number of rotatable bonds is 4. The van der Waals surface area contributed by atoms with Crippen LogP contribution in [-0.2, 0) is 14.3 Å². The van der Waals surface area contributed by atoms with E-state index in [1.807, 2.05) is 6.07 Å². The van der Waals surface area contributed by atoms with Crippen molar-refractivity contribution in [3.05, 3.63) is 35.9 Å². The van der Waals surface area contributed by atoms with Crippen molar-refractivity contribution in [3.63, 3.8) is 0 Å². The minimum absolute atomic E-state index is 0.220. The van der Waals surface area contributed by atoms with Gasteiger partial charge in [-0.25, -0.2) is 4.79 Å². The lowest BCUT2D eigenvalue weighted by molar-refractivity contribution is -0.139. The number of esters is 1. The summed E-state index contributed by atoms with van der Waals surface area (Å²) >= 11 is 0. The summed E-state index contributed by atoms with van der Waals surface area (Å²) in [6.45, 7) is 0. The molecule has 0 radical (unpaired) electrons. The lowest BCUT2D eigenvalue weighted by Gasteiger charge is -1.95. The fourth-order valence-corrected chi connectivity index (χ4v) is 1.13. The maximum absolute atomic E-state index is 10.8. The maximum atomic E-state index is 10.8. The van der Waals surface area contributed by atoms with Gasteiger partial charge in [0, 0.05) is 0 Å². The molecule has 0 aliphatic carbocycles. The Bertz CT molecular complexity index is 445. The molecule has 1 rings (SSSR count). The van der Waals surface area contributed by atoms with Crippen molar-refractivity contribution in [3.8, 4) is 0 Å². The SMILES string of the molecule is COC(=O)CC=Cc1cccc(N=C=O)c1. The first-order chi connectivity index (χ1) is 7.76. The molecule has 4 nitrogen and oxygen atoms in total. The molecule has 0 heterocycles. The van der Waals surface area contributed by atoms with Crippen molar-refractivity contribution in [2.24, 2.45) is 4.99 Å². The van der Waals surface area contributed by atoms with Crippen molar-refractivity contribution < 1.29 is 14.3 Å². The minimum atomic E-state index is -0.293. The zero-order valence-electron chi connectivity index (χ0n) is 8.84. The van der Waals surface area contributed by atoms with Crippen molar-refractivity contribution in [1.82, 2.24) is 0 Å². The third-order valence-electron chi connectivity index (χ3n) is 1.87. The molecule has 0 spiro atoms. The standard InChI is InChI=1S/C12H11NO3/c1-16-12(15)7-3-5-10-4-2-6-11(8-10)13-9-14/h2-6,8H,7H2,1H3. The Hall–Kier alpha value is -2.19. The van der Waals surface area contributed by atoms with Gasteiger partial charge in [-0.05, 0) is 17.7 Å². The first-order valence-corrected chi connectivity index (χ1v) is 4.67. The van der Waals surface area contributed by atoms with Crippen molar-refractivity contribution >= 4 is 23.8 Å². The van der Waals surface area contributed by atoms with Crippen LogP contribution in [0.5, 0.6) is 0 Å². The van der Waals surface area contributed by atoms with Crippen molar-refractivity contribution in [2.45, 2.75) is 6.42 Å². The summed E-state index contributed by atoms with van der Waals surface area (Å²) in [5.74, 6) is -0.293. The average Bonchev–Trinajstić information content (AvgIpc) is 2.30.